The summed E-state index contributed by atoms with van der Waals surface area (Å²) in [5.41, 5.74) is 4.21. The van der Waals surface area contributed by atoms with Crippen molar-refractivity contribution in [2.75, 3.05) is 0 Å². The van der Waals surface area contributed by atoms with Crippen LogP contribution in [0, 0.1) is 6.42 Å². The molecule has 0 amide bonds. The molecule has 2 heterocycles. The first-order chi connectivity index (χ1) is 12.2. The molecular weight excluding hydrogens is 312 g/mol. The summed E-state index contributed by atoms with van der Waals surface area (Å²) in [6, 6.07) is 14.8. The van der Waals surface area contributed by atoms with E-state index < -0.39 is 0 Å². The van der Waals surface area contributed by atoms with Crippen molar-refractivity contribution in [3.63, 3.8) is 0 Å². The molecule has 1 aromatic carbocycles. The van der Waals surface area contributed by atoms with Gasteiger partial charge >= 0.3 is 0 Å². The molecule has 4 nitrogen and oxygen atoms in total. The lowest BCUT2D eigenvalue weighted by Crippen LogP contribution is -2.15. The standard InChI is InChI=1S/C21H15N2O2/c24-20-3-1-2-10-23(20)19-8-4-15(5-9-19)11-16-12-18(14-22-13-16)21(25)17-6-7-17/h1-10,12-14H,11H2. The molecule has 0 atom stereocenters. The Bertz CT molecular complexity index is 1030. The number of hydrogen-bond donors (Lipinski definition) is 0. The van der Waals surface area contributed by atoms with Crippen LogP contribution in [0.4, 0.5) is 0 Å². The van der Waals surface area contributed by atoms with E-state index in [1.54, 1.807) is 41.7 Å². The molecule has 0 saturated carbocycles. The van der Waals surface area contributed by atoms with Gasteiger partial charge in [-0.3, -0.25) is 19.1 Å². The Morgan fingerprint density at radius 1 is 1.00 bits per heavy atom. The first kappa shape index (κ1) is 15.3. The SMILES string of the molecule is O=C(C1=C[CH]1)c1cncc(Cc2ccc(-n3ccccc3=O)cc2)c1. The van der Waals surface area contributed by atoms with Crippen LogP contribution in [0.3, 0.4) is 0 Å². The second-order valence-corrected chi connectivity index (χ2v) is 5.95. The van der Waals surface area contributed by atoms with E-state index >= 15 is 0 Å². The fourth-order valence-electron chi connectivity index (χ4n) is 2.72. The van der Waals surface area contributed by atoms with E-state index in [2.05, 4.69) is 4.98 Å². The molecule has 1 aliphatic carbocycles. The summed E-state index contributed by atoms with van der Waals surface area (Å²) >= 11 is 0. The summed E-state index contributed by atoms with van der Waals surface area (Å²) in [5, 5.41) is 0. The number of nitrogens with zero attached hydrogens (tertiary/aromatic N) is 2. The predicted octanol–water partition coefficient (Wildman–Crippen LogP) is 3.15. The van der Waals surface area contributed by atoms with Crippen LogP contribution in [-0.4, -0.2) is 15.3 Å². The Labute approximate surface area is 145 Å². The van der Waals surface area contributed by atoms with Crippen LogP contribution < -0.4 is 5.56 Å². The highest BCUT2D eigenvalue weighted by Crippen LogP contribution is 2.22. The van der Waals surface area contributed by atoms with Gasteiger partial charge in [0.15, 0.2) is 5.78 Å². The Balaban J connectivity index is 1.55. The van der Waals surface area contributed by atoms with Crippen LogP contribution in [0.2, 0.25) is 0 Å². The molecule has 0 saturated heterocycles. The number of aromatic nitrogens is 2. The molecule has 1 aliphatic rings. The van der Waals surface area contributed by atoms with Crippen LogP contribution >= 0.6 is 0 Å². The van der Waals surface area contributed by atoms with Crippen molar-refractivity contribution in [3.05, 3.63) is 112 Å². The lowest BCUT2D eigenvalue weighted by Gasteiger charge is -2.07. The molecule has 1 radical (unpaired) electrons. The van der Waals surface area contributed by atoms with Gasteiger partial charge in [-0.1, -0.05) is 24.3 Å². The minimum absolute atomic E-state index is 0.0214. The number of rotatable bonds is 5. The van der Waals surface area contributed by atoms with Crippen molar-refractivity contribution in [2.45, 2.75) is 6.42 Å². The molecular formula is C21H15N2O2. The van der Waals surface area contributed by atoms with Gasteiger partial charge in [0.2, 0.25) is 0 Å². The lowest BCUT2D eigenvalue weighted by atomic mass is 10.0. The summed E-state index contributed by atoms with van der Waals surface area (Å²) in [5.74, 6) is 0.0214. The Hall–Kier alpha value is -3.27. The maximum absolute atomic E-state index is 12.1. The van der Waals surface area contributed by atoms with Gasteiger partial charge in [-0.2, -0.15) is 0 Å². The average molecular weight is 327 g/mol. The van der Waals surface area contributed by atoms with E-state index in [0.29, 0.717) is 12.0 Å². The molecule has 2 aromatic heterocycles. The lowest BCUT2D eigenvalue weighted by molar-refractivity contribution is 0.104. The fourth-order valence-corrected chi connectivity index (χ4v) is 2.72. The maximum Gasteiger partial charge on any atom is 0.255 e. The van der Waals surface area contributed by atoms with Crippen molar-refractivity contribution in [1.29, 1.82) is 0 Å². The van der Waals surface area contributed by atoms with Crippen molar-refractivity contribution >= 4 is 5.78 Å². The number of carbonyl (C=O) groups excluding carboxylic acids is 1. The Morgan fingerprint density at radius 3 is 2.52 bits per heavy atom. The van der Waals surface area contributed by atoms with Crippen molar-refractivity contribution in [2.24, 2.45) is 0 Å². The van der Waals surface area contributed by atoms with Crippen LogP contribution in [0.15, 0.2) is 83.6 Å². The normalized spacial score (nSPS) is 12.6. The molecule has 0 bridgehead atoms. The second-order valence-electron chi connectivity index (χ2n) is 5.95. The predicted molar refractivity (Wildman–Crippen MR) is 95.8 cm³/mol. The minimum atomic E-state index is -0.0585. The summed E-state index contributed by atoms with van der Waals surface area (Å²) < 4.78 is 1.60. The topological polar surface area (TPSA) is 52.0 Å². The number of benzene rings is 1. The van der Waals surface area contributed by atoms with Gasteiger partial charge in [0, 0.05) is 47.9 Å². The van der Waals surface area contributed by atoms with Gasteiger partial charge in [0.1, 0.15) is 0 Å². The molecule has 4 heteroatoms. The van der Waals surface area contributed by atoms with Gasteiger partial charge in [-0.25, -0.2) is 0 Å². The highest BCUT2D eigenvalue weighted by Gasteiger charge is 2.19. The molecule has 0 spiro atoms. The first-order valence-corrected chi connectivity index (χ1v) is 8.01. The summed E-state index contributed by atoms with van der Waals surface area (Å²) in [6.07, 6.45) is 9.42. The summed E-state index contributed by atoms with van der Waals surface area (Å²) in [6.45, 7) is 0. The molecule has 0 aliphatic heterocycles. The van der Waals surface area contributed by atoms with Gasteiger partial charge in [-0.05, 0) is 41.8 Å². The second kappa shape index (κ2) is 6.32. The zero-order chi connectivity index (χ0) is 17.2. The third kappa shape index (κ3) is 3.33. The molecule has 0 unspecified atom stereocenters. The third-order valence-electron chi connectivity index (χ3n) is 4.10. The summed E-state index contributed by atoms with van der Waals surface area (Å²) in [7, 11) is 0. The van der Waals surface area contributed by atoms with Crippen LogP contribution in [0.5, 0.6) is 0 Å². The van der Waals surface area contributed by atoms with Crippen LogP contribution in [0.25, 0.3) is 5.69 Å². The van der Waals surface area contributed by atoms with E-state index in [-0.39, 0.29) is 11.3 Å². The van der Waals surface area contributed by atoms with Gasteiger partial charge in [0.05, 0.1) is 0 Å². The van der Waals surface area contributed by atoms with E-state index in [1.165, 1.54) is 6.07 Å². The Kier molecular flexibility index (Phi) is 3.86. The molecule has 25 heavy (non-hydrogen) atoms. The number of ketones is 1. The van der Waals surface area contributed by atoms with Gasteiger partial charge in [0.25, 0.3) is 5.56 Å². The summed E-state index contributed by atoms with van der Waals surface area (Å²) in [4.78, 5) is 28.1. The molecule has 121 valence electrons. The van der Waals surface area contributed by atoms with Crippen molar-refractivity contribution in [1.82, 2.24) is 9.55 Å². The minimum Gasteiger partial charge on any atom is -0.289 e. The molecule has 0 N–H and O–H groups in total. The van der Waals surface area contributed by atoms with E-state index in [9.17, 15) is 9.59 Å². The largest absolute Gasteiger partial charge is 0.289 e. The number of Topliss-reactive ketones (excluding diaryl/α,β-unsaturated/α-hetero) is 1. The van der Waals surface area contributed by atoms with Crippen molar-refractivity contribution < 1.29 is 4.79 Å². The third-order valence-corrected chi connectivity index (χ3v) is 4.10. The number of hydrogen-bond acceptors (Lipinski definition) is 3. The van der Waals surface area contributed by atoms with Gasteiger partial charge < -0.3 is 0 Å². The van der Waals surface area contributed by atoms with Gasteiger partial charge in [-0.15, -0.1) is 0 Å². The number of pyridine rings is 2. The van der Waals surface area contributed by atoms with E-state index in [4.69, 9.17) is 0 Å². The van der Waals surface area contributed by atoms with Crippen LogP contribution in [-0.2, 0) is 6.42 Å². The monoisotopic (exact) mass is 327 g/mol. The fraction of sp³-hybridized carbons (Fsp3) is 0.0476. The molecule has 4 rings (SSSR count). The average Bonchev–Trinajstić information content (AvgIpc) is 3.48. The van der Waals surface area contributed by atoms with E-state index in [1.807, 2.05) is 36.4 Å². The molecule has 3 aromatic rings. The Morgan fingerprint density at radius 2 is 1.80 bits per heavy atom. The first-order valence-electron chi connectivity index (χ1n) is 8.01. The van der Waals surface area contributed by atoms with Crippen LogP contribution in [0.1, 0.15) is 21.5 Å². The zero-order valence-electron chi connectivity index (χ0n) is 13.4. The number of allylic oxidation sites excluding steroid dienone is 2. The van der Waals surface area contributed by atoms with E-state index in [0.717, 1.165) is 22.4 Å². The smallest absolute Gasteiger partial charge is 0.255 e. The highest BCUT2D eigenvalue weighted by atomic mass is 16.1. The quantitative estimate of drug-likeness (QED) is 0.677. The zero-order valence-corrected chi connectivity index (χ0v) is 13.4. The molecule has 0 fully saturated rings. The highest BCUT2D eigenvalue weighted by molar-refractivity contribution is 6.13. The maximum atomic E-state index is 12.1. The van der Waals surface area contributed by atoms with Crippen molar-refractivity contribution in [3.8, 4) is 5.69 Å². The number of carbonyl (C=O) groups is 1.